The summed E-state index contributed by atoms with van der Waals surface area (Å²) in [6.45, 7) is 2.55. The molecule has 3 aliphatic heterocycles. The molecule has 3 fully saturated rings. The Balaban J connectivity index is 1.21. The number of phenolic OH excluding ortho intramolecular Hbond substituents is 1. The van der Waals surface area contributed by atoms with Crippen LogP contribution < -0.4 is 10.2 Å². The van der Waals surface area contributed by atoms with Crippen molar-refractivity contribution >= 4 is 17.5 Å². The second-order valence-corrected chi connectivity index (χ2v) is 9.87. The van der Waals surface area contributed by atoms with Crippen molar-refractivity contribution in [1.29, 1.82) is 0 Å². The molecule has 0 radical (unpaired) electrons. The smallest absolute Gasteiger partial charge is 0.254 e. The fourth-order valence-electron chi connectivity index (χ4n) is 5.84. The van der Waals surface area contributed by atoms with Gasteiger partial charge in [-0.2, -0.15) is 0 Å². The molecule has 33 heavy (non-hydrogen) atoms. The van der Waals surface area contributed by atoms with Crippen LogP contribution in [0.2, 0.25) is 0 Å². The fraction of sp³-hybridized carbons (Fsp3) is 0.346. The van der Waals surface area contributed by atoms with Crippen LogP contribution in [0.4, 0.5) is 11.6 Å². The largest absolute Gasteiger partial charge is 0.508 e. The highest BCUT2D eigenvalue weighted by molar-refractivity contribution is 5.96. The topological polar surface area (TPSA) is 81.6 Å². The molecule has 1 spiro atoms. The summed E-state index contributed by atoms with van der Waals surface area (Å²) in [6.07, 6.45) is 6.99. The highest BCUT2D eigenvalue weighted by Crippen LogP contribution is 2.57. The summed E-state index contributed by atoms with van der Waals surface area (Å²) in [5.74, 6) is 1.00. The van der Waals surface area contributed by atoms with Crippen LogP contribution in [-0.4, -0.2) is 57.6 Å². The Morgan fingerprint density at radius 3 is 2.64 bits per heavy atom. The fourth-order valence-corrected chi connectivity index (χ4v) is 5.84. The van der Waals surface area contributed by atoms with E-state index in [2.05, 4.69) is 32.3 Å². The van der Waals surface area contributed by atoms with Gasteiger partial charge in [-0.1, -0.05) is 18.2 Å². The molecule has 7 rings (SSSR count). The molecule has 3 aromatic rings. The molecular weight excluding hydrogens is 414 g/mol. The second kappa shape index (κ2) is 6.78. The van der Waals surface area contributed by atoms with Gasteiger partial charge in [0.2, 0.25) is 5.95 Å². The van der Waals surface area contributed by atoms with E-state index in [1.165, 1.54) is 5.56 Å². The lowest BCUT2D eigenvalue weighted by atomic mass is 9.97. The first kappa shape index (κ1) is 19.1. The highest BCUT2D eigenvalue weighted by atomic mass is 16.3. The normalized spacial score (nSPS) is 23.9. The summed E-state index contributed by atoms with van der Waals surface area (Å²) >= 11 is 0. The number of aromatic nitrogens is 2. The predicted octanol–water partition coefficient (Wildman–Crippen LogP) is 3.22. The molecule has 4 aliphatic rings. The molecule has 2 unspecified atom stereocenters. The van der Waals surface area contributed by atoms with Gasteiger partial charge < -0.3 is 20.2 Å². The van der Waals surface area contributed by atoms with Crippen LogP contribution >= 0.6 is 0 Å². The average Bonchev–Trinajstić information content (AvgIpc) is 3.16. The average molecular weight is 440 g/mol. The number of hydrogen-bond donors (Lipinski definition) is 2. The van der Waals surface area contributed by atoms with Crippen LogP contribution in [0.1, 0.15) is 35.2 Å². The van der Waals surface area contributed by atoms with E-state index in [-0.39, 0.29) is 17.1 Å². The Bertz CT molecular complexity index is 1270. The van der Waals surface area contributed by atoms with E-state index in [1.54, 1.807) is 24.5 Å². The number of phenols is 1. The van der Waals surface area contributed by atoms with Gasteiger partial charge in [-0.25, -0.2) is 9.97 Å². The summed E-state index contributed by atoms with van der Waals surface area (Å²) in [5, 5.41) is 13.2. The van der Waals surface area contributed by atoms with Crippen molar-refractivity contribution in [3.8, 4) is 16.9 Å². The number of likely N-dealkylation sites (tertiary alicyclic amines) is 1. The first-order chi connectivity index (χ1) is 16.1. The zero-order valence-electron chi connectivity index (χ0n) is 18.2. The number of piperazine rings is 1. The number of fused-ring (bicyclic) bond motifs is 4. The van der Waals surface area contributed by atoms with Gasteiger partial charge in [-0.15, -0.1) is 0 Å². The van der Waals surface area contributed by atoms with E-state index >= 15 is 0 Å². The van der Waals surface area contributed by atoms with Crippen LogP contribution in [0.15, 0.2) is 54.9 Å². The van der Waals surface area contributed by atoms with Crippen LogP contribution in [0.25, 0.3) is 11.1 Å². The monoisotopic (exact) mass is 439 g/mol. The molecule has 2 aromatic carbocycles. The van der Waals surface area contributed by atoms with Crippen molar-refractivity contribution in [1.82, 2.24) is 20.2 Å². The van der Waals surface area contributed by atoms with Gasteiger partial charge in [0.05, 0.1) is 0 Å². The van der Waals surface area contributed by atoms with E-state index < -0.39 is 0 Å². The van der Waals surface area contributed by atoms with Gasteiger partial charge in [0.25, 0.3) is 5.91 Å². The van der Waals surface area contributed by atoms with Gasteiger partial charge in [0.1, 0.15) is 5.75 Å². The van der Waals surface area contributed by atoms with Crippen molar-refractivity contribution in [2.24, 2.45) is 0 Å². The van der Waals surface area contributed by atoms with Crippen LogP contribution in [0.3, 0.4) is 0 Å². The van der Waals surface area contributed by atoms with E-state index in [0.717, 1.165) is 61.3 Å². The SMILES string of the molecule is O=C(c1ccc2c(c1)N(c1ncc(-c3cccc(O)c3)cn1)CC21CC1)N1CC2CC1CN2. The molecule has 1 aliphatic carbocycles. The summed E-state index contributed by atoms with van der Waals surface area (Å²) in [7, 11) is 0. The maximum absolute atomic E-state index is 13.3. The minimum Gasteiger partial charge on any atom is -0.508 e. The molecule has 7 heteroatoms. The maximum atomic E-state index is 13.3. The van der Waals surface area contributed by atoms with Crippen molar-refractivity contribution in [3.05, 3.63) is 66.0 Å². The molecule has 2 atom stereocenters. The molecular formula is C26H25N5O2. The summed E-state index contributed by atoms with van der Waals surface area (Å²) in [4.78, 5) is 26.9. The maximum Gasteiger partial charge on any atom is 0.254 e. The van der Waals surface area contributed by atoms with E-state index in [9.17, 15) is 9.90 Å². The standard InChI is InChI=1S/C26H25N5O2/c32-21-3-1-2-16(8-21)18-11-28-25(29-12-18)31-15-26(6-7-26)22-5-4-17(9-23(22)31)24(33)30-14-19-10-20(30)13-27-19/h1-5,8-9,11-12,19-20,27,32H,6-7,10,13-15H2. The van der Waals surface area contributed by atoms with Gasteiger partial charge >= 0.3 is 0 Å². The second-order valence-electron chi connectivity index (χ2n) is 9.87. The summed E-state index contributed by atoms with van der Waals surface area (Å²) in [5.41, 5.74) is 5.03. The summed E-state index contributed by atoms with van der Waals surface area (Å²) < 4.78 is 0. The third-order valence-electron chi connectivity index (χ3n) is 7.80. The first-order valence-corrected chi connectivity index (χ1v) is 11.7. The Morgan fingerprint density at radius 1 is 1.09 bits per heavy atom. The van der Waals surface area contributed by atoms with E-state index in [4.69, 9.17) is 0 Å². The molecule has 1 aromatic heterocycles. The number of hydrogen-bond acceptors (Lipinski definition) is 6. The quantitative estimate of drug-likeness (QED) is 0.652. The van der Waals surface area contributed by atoms with Crippen molar-refractivity contribution in [3.63, 3.8) is 0 Å². The molecule has 2 N–H and O–H groups in total. The zero-order valence-corrected chi connectivity index (χ0v) is 18.2. The van der Waals surface area contributed by atoms with Gasteiger partial charge in [0.15, 0.2) is 0 Å². The molecule has 2 saturated heterocycles. The Hall–Kier alpha value is -3.45. The molecule has 1 saturated carbocycles. The van der Waals surface area contributed by atoms with Crippen molar-refractivity contribution in [2.45, 2.75) is 36.8 Å². The highest BCUT2D eigenvalue weighted by Gasteiger charge is 2.52. The third-order valence-corrected chi connectivity index (χ3v) is 7.80. The van der Waals surface area contributed by atoms with Gasteiger partial charge in [-0.3, -0.25) is 4.79 Å². The van der Waals surface area contributed by atoms with Gasteiger partial charge in [0, 0.05) is 66.3 Å². The number of nitrogens with zero attached hydrogens (tertiary/aromatic N) is 4. The number of amides is 1. The van der Waals surface area contributed by atoms with Crippen molar-refractivity contribution in [2.75, 3.05) is 24.5 Å². The first-order valence-electron chi connectivity index (χ1n) is 11.7. The molecule has 166 valence electrons. The third kappa shape index (κ3) is 2.95. The summed E-state index contributed by atoms with van der Waals surface area (Å²) in [6, 6.07) is 14.1. The minimum absolute atomic E-state index is 0.128. The van der Waals surface area contributed by atoms with Crippen molar-refractivity contribution < 1.29 is 9.90 Å². The molecule has 7 nitrogen and oxygen atoms in total. The number of benzene rings is 2. The van der Waals surface area contributed by atoms with Crippen LogP contribution in [0, 0.1) is 0 Å². The Morgan fingerprint density at radius 2 is 1.94 bits per heavy atom. The molecule has 4 heterocycles. The minimum atomic E-state index is 0.128. The van der Waals surface area contributed by atoms with Crippen LogP contribution in [-0.2, 0) is 5.41 Å². The van der Waals surface area contributed by atoms with Crippen LogP contribution in [0.5, 0.6) is 5.75 Å². The Labute approximate surface area is 192 Å². The van der Waals surface area contributed by atoms with E-state index in [0.29, 0.717) is 18.0 Å². The number of nitrogens with one attached hydrogen (secondary N) is 1. The number of aromatic hydroxyl groups is 1. The molecule has 2 bridgehead atoms. The number of carbonyl (C=O) groups excluding carboxylic acids is 1. The lowest BCUT2D eigenvalue weighted by Gasteiger charge is -2.28. The number of carbonyl (C=O) groups is 1. The lowest BCUT2D eigenvalue weighted by molar-refractivity contribution is 0.0716. The Kier molecular flexibility index (Phi) is 3.91. The van der Waals surface area contributed by atoms with Gasteiger partial charge in [-0.05, 0) is 54.7 Å². The zero-order chi connectivity index (χ0) is 22.2. The number of anilines is 2. The molecule has 1 amide bonds. The van der Waals surface area contributed by atoms with E-state index in [1.807, 2.05) is 23.1 Å². The predicted molar refractivity (Wildman–Crippen MR) is 125 cm³/mol. The number of rotatable bonds is 3. The lowest BCUT2D eigenvalue weighted by Crippen LogP contribution is -2.46.